The summed E-state index contributed by atoms with van der Waals surface area (Å²) in [6.45, 7) is 4.84. The SMILES string of the molecule is COc1cnccc1NC(=O)C[C@H]1CCC2C3CCC4N(C)C(=O)C=C[C@]4(C)C3CC[C@@]21C. The molecular weight excluding hydrogens is 414 g/mol. The smallest absolute Gasteiger partial charge is 0.246 e. The normalized spacial score (nSPS) is 39.5. The fourth-order valence-electron chi connectivity index (χ4n) is 8.25. The number of fused-ring (bicyclic) bond motifs is 5. The molecule has 6 heteroatoms. The summed E-state index contributed by atoms with van der Waals surface area (Å²) in [7, 11) is 3.57. The molecule has 0 aromatic carbocycles. The van der Waals surface area contributed by atoms with Crippen LogP contribution in [0.2, 0.25) is 0 Å². The summed E-state index contributed by atoms with van der Waals surface area (Å²) in [4.78, 5) is 31.4. The van der Waals surface area contributed by atoms with Crippen LogP contribution in [0.25, 0.3) is 0 Å². The lowest BCUT2D eigenvalue weighted by Gasteiger charge is -2.60. The molecule has 1 aliphatic heterocycles. The van der Waals surface area contributed by atoms with Crippen LogP contribution in [0.3, 0.4) is 0 Å². The predicted octanol–water partition coefficient (Wildman–Crippen LogP) is 4.67. The summed E-state index contributed by atoms with van der Waals surface area (Å²) >= 11 is 0. The number of amides is 2. The topological polar surface area (TPSA) is 71.5 Å². The van der Waals surface area contributed by atoms with Gasteiger partial charge in [0, 0.05) is 31.1 Å². The van der Waals surface area contributed by atoms with Gasteiger partial charge in [-0.25, -0.2) is 0 Å². The van der Waals surface area contributed by atoms with Crippen LogP contribution in [0, 0.1) is 34.5 Å². The van der Waals surface area contributed by atoms with Gasteiger partial charge in [0.05, 0.1) is 19.0 Å². The van der Waals surface area contributed by atoms with Crippen molar-refractivity contribution >= 4 is 17.5 Å². The van der Waals surface area contributed by atoms with E-state index in [-0.39, 0.29) is 22.6 Å². The molecule has 6 nitrogen and oxygen atoms in total. The van der Waals surface area contributed by atoms with E-state index in [9.17, 15) is 9.59 Å². The molecule has 3 saturated carbocycles. The molecule has 1 N–H and O–H groups in total. The van der Waals surface area contributed by atoms with Crippen LogP contribution >= 0.6 is 0 Å². The zero-order valence-corrected chi connectivity index (χ0v) is 20.3. The largest absolute Gasteiger partial charge is 0.493 e. The zero-order chi connectivity index (χ0) is 23.4. The summed E-state index contributed by atoms with van der Waals surface area (Å²) in [5.74, 6) is 3.19. The van der Waals surface area contributed by atoms with Gasteiger partial charge in [-0.15, -0.1) is 0 Å². The molecule has 3 aliphatic carbocycles. The standard InChI is InChI=1S/C27H37N3O3/c1-26-12-9-20-18(6-8-23-27(20,2)13-10-25(32)30(23)3)19(26)7-5-17(26)15-24(31)29-21-11-14-28-16-22(21)33-4/h10-11,13-14,16-20,23H,5-9,12,15H2,1-4H3,(H,28,29,31)/t17-,18?,19?,20?,23?,26-,27-/m1/s1. The predicted molar refractivity (Wildman–Crippen MR) is 128 cm³/mol. The fourth-order valence-corrected chi connectivity index (χ4v) is 8.25. The maximum atomic E-state index is 13.0. The number of hydrogen-bond acceptors (Lipinski definition) is 4. The van der Waals surface area contributed by atoms with Crippen molar-refractivity contribution in [1.29, 1.82) is 0 Å². The number of carbonyl (C=O) groups excluding carboxylic acids is 2. The Hall–Kier alpha value is -2.37. The van der Waals surface area contributed by atoms with Crippen molar-refractivity contribution in [2.75, 3.05) is 19.5 Å². The Morgan fingerprint density at radius 3 is 2.82 bits per heavy atom. The van der Waals surface area contributed by atoms with Gasteiger partial charge >= 0.3 is 0 Å². The number of nitrogens with one attached hydrogen (secondary N) is 1. The molecule has 0 spiro atoms. The fraction of sp³-hybridized carbons (Fsp3) is 0.667. The molecule has 5 rings (SSSR count). The van der Waals surface area contributed by atoms with Crippen LogP contribution in [0.1, 0.15) is 58.8 Å². The highest BCUT2D eigenvalue weighted by molar-refractivity contribution is 5.92. The maximum Gasteiger partial charge on any atom is 0.246 e. The van der Waals surface area contributed by atoms with Crippen molar-refractivity contribution in [3.63, 3.8) is 0 Å². The molecule has 1 aromatic heterocycles. The number of rotatable bonds is 4. The third-order valence-corrected chi connectivity index (χ3v) is 10.0. The minimum absolute atomic E-state index is 0.0690. The summed E-state index contributed by atoms with van der Waals surface area (Å²) < 4.78 is 5.34. The number of hydrogen-bond donors (Lipinski definition) is 1. The summed E-state index contributed by atoms with van der Waals surface area (Å²) in [6, 6.07) is 2.11. The van der Waals surface area contributed by atoms with Crippen LogP contribution in [-0.4, -0.2) is 41.9 Å². The van der Waals surface area contributed by atoms with Gasteiger partial charge in [0.2, 0.25) is 11.8 Å². The van der Waals surface area contributed by atoms with Gasteiger partial charge in [-0.2, -0.15) is 0 Å². The molecule has 4 unspecified atom stereocenters. The van der Waals surface area contributed by atoms with E-state index < -0.39 is 0 Å². The van der Waals surface area contributed by atoms with Crippen LogP contribution in [0.5, 0.6) is 5.75 Å². The van der Waals surface area contributed by atoms with E-state index in [1.807, 2.05) is 18.0 Å². The zero-order valence-electron chi connectivity index (χ0n) is 20.3. The van der Waals surface area contributed by atoms with Gasteiger partial charge in [0.15, 0.2) is 5.75 Å². The Morgan fingerprint density at radius 1 is 1.21 bits per heavy atom. The molecule has 33 heavy (non-hydrogen) atoms. The van der Waals surface area contributed by atoms with Crippen LogP contribution in [0.15, 0.2) is 30.6 Å². The van der Waals surface area contributed by atoms with E-state index >= 15 is 0 Å². The highest BCUT2D eigenvalue weighted by Gasteiger charge is 2.60. The van der Waals surface area contributed by atoms with Gasteiger partial charge < -0.3 is 15.0 Å². The number of ether oxygens (including phenoxy) is 1. The first kappa shape index (κ1) is 22.4. The van der Waals surface area contributed by atoms with Gasteiger partial charge in [-0.1, -0.05) is 19.9 Å². The lowest BCUT2D eigenvalue weighted by Crippen LogP contribution is -2.59. The van der Waals surface area contributed by atoms with Crippen molar-refractivity contribution < 1.29 is 14.3 Å². The second-order valence-electron chi connectivity index (χ2n) is 11.3. The van der Waals surface area contributed by atoms with Gasteiger partial charge in [-0.3, -0.25) is 14.6 Å². The number of anilines is 1. The number of carbonyl (C=O) groups is 2. The van der Waals surface area contributed by atoms with E-state index in [0.717, 1.165) is 12.8 Å². The molecule has 3 fully saturated rings. The van der Waals surface area contributed by atoms with Crippen molar-refractivity contribution in [3.8, 4) is 5.75 Å². The van der Waals surface area contributed by atoms with E-state index in [2.05, 4.69) is 30.2 Å². The second kappa shape index (κ2) is 8.14. The number of methoxy groups -OCH3 is 1. The average Bonchev–Trinajstić information content (AvgIpc) is 3.13. The van der Waals surface area contributed by atoms with Crippen molar-refractivity contribution in [2.45, 2.75) is 64.8 Å². The second-order valence-corrected chi connectivity index (χ2v) is 11.3. The molecule has 0 saturated heterocycles. The third-order valence-electron chi connectivity index (χ3n) is 10.0. The molecule has 0 bridgehead atoms. The van der Waals surface area contributed by atoms with Crippen molar-refractivity contribution in [3.05, 3.63) is 30.6 Å². The molecule has 2 amide bonds. The minimum Gasteiger partial charge on any atom is -0.493 e. The summed E-state index contributed by atoms with van der Waals surface area (Å²) in [6.07, 6.45) is 14.9. The third kappa shape index (κ3) is 3.48. The number of pyridine rings is 1. The van der Waals surface area contributed by atoms with E-state index in [0.29, 0.717) is 47.6 Å². The molecule has 178 valence electrons. The average molecular weight is 452 g/mol. The van der Waals surface area contributed by atoms with Gasteiger partial charge in [0.1, 0.15) is 0 Å². The van der Waals surface area contributed by atoms with Crippen LogP contribution < -0.4 is 10.1 Å². The number of nitrogens with zero attached hydrogens (tertiary/aromatic N) is 2. The number of aromatic nitrogens is 1. The molecule has 1 aromatic rings. The van der Waals surface area contributed by atoms with Crippen molar-refractivity contribution in [2.24, 2.45) is 34.5 Å². The maximum absolute atomic E-state index is 13.0. The van der Waals surface area contributed by atoms with Crippen LogP contribution in [-0.2, 0) is 9.59 Å². The highest BCUT2D eigenvalue weighted by atomic mass is 16.5. The molecule has 4 aliphatic rings. The minimum atomic E-state index is 0.0690. The Labute approximate surface area is 197 Å². The Balaban J connectivity index is 1.31. The van der Waals surface area contributed by atoms with Crippen molar-refractivity contribution in [1.82, 2.24) is 9.88 Å². The summed E-state index contributed by atoms with van der Waals surface area (Å²) in [5.41, 5.74) is 0.972. The lowest BCUT2D eigenvalue weighted by molar-refractivity contribution is -0.139. The first-order valence-corrected chi connectivity index (χ1v) is 12.5. The molecule has 7 atom stereocenters. The lowest BCUT2D eigenvalue weighted by atomic mass is 9.47. The molecule has 0 radical (unpaired) electrons. The Kier molecular flexibility index (Phi) is 5.53. The summed E-state index contributed by atoms with van der Waals surface area (Å²) in [5, 5.41) is 3.06. The first-order valence-electron chi connectivity index (χ1n) is 12.5. The van der Waals surface area contributed by atoms with E-state index in [1.165, 1.54) is 25.7 Å². The number of likely N-dealkylation sites (N-methyl/N-ethyl adjacent to an activating group) is 1. The van der Waals surface area contributed by atoms with Gasteiger partial charge in [-0.05, 0) is 79.8 Å². The quantitative estimate of drug-likeness (QED) is 0.722. The monoisotopic (exact) mass is 451 g/mol. The first-order chi connectivity index (χ1) is 15.8. The van der Waals surface area contributed by atoms with E-state index in [1.54, 1.807) is 25.6 Å². The Morgan fingerprint density at radius 2 is 2.03 bits per heavy atom. The van der Waals surface area contributed by atoms with Gasteiger partial charge in [0.25, 0.3) is 0 Å². The Bertz CT molecular complexity index is 977. The highest BCUT2D eigenvalue weighted by Crippen LogP contribution is 2.66. The molecule has 2 heterocycles. The van der Waals surface area contributed by atoms with E-state index in [4.69, 9.17) is 4.74 Å². The molecular formula is C27H37N3O3. The van der Waals surface area contributed by atoms with Crippen LogP contribution in [0.4, 0.5) is 5.69 Å².